The van der Waals surface area contributed by atoms with Crippen molar-refractivity contribution in [1.82, 2.24) is 4.98 Å². The van der Waals surface area contributed by atoms with Gasteiger partial charge in [-0.15, -0.1) is 0 Å². The van der Waals surface area contributed by atoms with Crippen LogP contribution in [0.2, 0.25) is 0 Å². The molecule has 0 fully saturated rings. The third kappa shape index (κ3) is 1.56. The molecular weight excluding hydrogens is 212 g/mol. The zero-order chi connectivity index (χ0) is 11.8. The number of hydrogen-bond donors (Lipinski definition) is 1. The van der Waals surface area contributed by atoms with Gasteiger partial charge in [-0.2, -0.15) is 0 Å². The molecule has 84 valence electrons. The van der Waals surface area contributed by atoms with Gasteiger partial charge in [0.25, 0.3) is 0 Å². The van der Waals surface area contributed by atoms with Gasteiger partial charge in [0.2, 0.25) is 0 Å². The van der Waals surface area contributed by atoms with Gasteiger partial charge in [-0.3, -0.25) is 0 Å². The van der Waals surface area contributed by atoms with Gasteiger partial charge in [-0.05, 0) is 30.7 Å². The summed E-state index contributed by atoms with van der Waals surface area (Å²) in [6.45, 7) is 2.03. The number of benzene rings is 1. The van der Waals surface area contributed by atoms with Crippen LogP contribution in [0.4, 0.5) is 5.82 Å². The first-order valence-electron chi connectivity index (χ1n) is 5.46. The molecule has 0 radical (unpaired) electrons. The second-order valence-electron chi connectivity index (χ2n) is 4.04. The Bertz CT molecular complexity index is 686. The van der Waals surface area contributed by atoms with Crippen LogP contribution in [-0.4, -0.2) is 4.98 Å². The molecule has 0 aliphatic rings. The molecule has 1 aromatic carbocycles. The Morgan fingerprint density at radius 2 is 2.06 bits per heavy atom. The molecule has 0 spiro atoms. The number of para-hydroxylation sites is 1. The van der Waals surface area contributed by atoms with Crippen molar-refractivity contribution in [1.29, 1.82) is 0 Å². The Balaban J connectivity index is 2.26. The van der Waals surface area contributed by atoms with E-state index in [-0.39, 0.29) is 0 Å². The smallest absolute Gasteiger partial charge is 0.139 e. The van der Waals surface area contributed by atoms with Crippen LogP contribution in [0.15, 0.2) is 47.0 Å². The van der Waals surface area contributed by atoms with Crippen LogP contribution in [0.1, 0.15) is 5.56 Å². The first kappa shape index (κ1) is 9.90. The Hall–Kier alpha value is -2.29. The highest BCUT2D eigenvalue weighted by atomic mass is 16.3. The maximum absolute atomic E-state index is 5.85. The first-order chi connectivity index (χ1) is 8.25. The fraction of sp³-hybridized carbons (Fsp3) is 0.0714. The standard InChI is InChI=1S/C14H12N2O/c1-9-4-2-5-10-8-12(17-13(9)10)11-6-3-7-16-14(11)15/h2-8H,1H3,(H2,15,16). The molecular formula is C14H12N2O. The predicted molar refractivity (Wildman–Crippen MR) is 68.6 cm³/mol. The van der Waals surface area contributed by atoms with Crippen LogP contribution >= 0.6 is 0 Å². The monoisotopic (exact) mass is 224 g/mol. The topological polar surface area (TPSA) is 52.0 Å². The van der Waals surface area contributed by atoms with Gasteiger partial charge in [0.05, 0.1) is 5.56 Å². The number of hydrogen-bond acceptors (Lipinski definition) is 3. The highest BCUT2D eigenvalue weighted by molar-refractivity contribution is 5.86. The van der Waals surface area contributed by atoms with Crippen molar-refractivity contribution in [2.75, 3.05) is 5.73 Å². The summed E-state index contributed by atoms with van der Waals surface area (Å²) >= 11 is 0. The highest BCUT2D eigenvalue weighted by Crippen LogP contribution is 2.31. The van der Waals surface area contributed by atoms with Crippen LogP contribution in [0.25, 0.3) is 22.3 Å². The third-order valence-corrected chi connectivity index (χ3v) is 2.84. The second-order valence-corrected chi connectivity index (χ2v) is 4.04. The molecule has 0 saturated carbocycles. The van der Waals surface area contributed by atoms with E-state index in [0.717, 1.165) is 27.9 Å². The largest absolute Gasteiger partial charge is 0.456 e. The number of furan rings is 1. The molecule has 0 aliphatic carbocycles. The first-order valence-corrected chi connectivity index (χ1v) is 5.46. The maximum atomic E-state index is 5.85. The van der Waals surface area contributed by atoms with Crippen LogP contribution in [0, 0.1) is 6.92 Å². The van der Waals surface area contributed by atoms with Crippen molar-refractivity contribution in [2.45, 2.75) is 6.92 Å². The summed E-state index contributed by atoms with van der Waals surface area (Å²) in [5, 5.41) is 1.09. The quantitative estimate of drug-likeness (QED) is 0.689. The van der Waals surface area contributed by atoms with E-state index in [2.05, 4.69) is 4.98 Å². The van der Waals surface area contributed by atoms with Crippen molar-refractivity contribution >= 4 is 16.8 Å². The number of pyridine rings is 1. The van der Waals surface area contributed by atoms with Crippen LogP contribution < -0.4 is 5.73 Å². The molecule has 0 saturated heterocycles. The summed E-state index contributed by atoms with van der Waals surface area (Å²) in [5.74, 6) is 1.25. The van der Waals surface area contributed by atoms with E-state index in [1.54, 1.807) is 6.20 Å². The highest BCUT2D eigenvalue weighted by Gasteiger charge is 2.10. The number of nitrogens with zero attached hydrogens (tertiary/aromatic N) is 1. The minimum Gasteiger partial charge on any atom is -0.456 e. The lowest BCUT2D eigenvalue weighted by atomic mass is 10.1. The Kier molecular flexibility index (Phi) is 2.11. The van der Waals surface area contributed by atoms with Gasteiger partial charge < -0.3 is 10.2 Å². The molecule has 0 bridgehead atoms. The maximum Gasteiger partial charge on any atom is 0.139 e. The molecule has 0 atom stereocenters. The zero-order valence-electron chi connectivity index (χ0n) is 9.47. The summed E-state index contributed by atoms with van der Waals surface area (Å²) in [5.41, 5.74) is 8.71. The number of nitrogen functional groups attached to an aromatic ring is 1. The Morgan fingerprint density at radius 1 is 1.18 bits per heavy atom. The van der Waals surface area contributed by atoms with Crippen LogP contribution in [-0.2, 0) is 0 Å². The minimum atomic E-state index is 0.490. The van der Waals surface area contributed by atoms with Gasteiger partial charge in [0, 0.05) is 11.6 Å². The lowest BCUT2D eigenvalue weighted by molar-refractivity contribution is 0.629. The van der Waals surface area contributed by atoms with Crippen molar-refractivity contribution < 1.29 is 4.42 Å². The average Bonchev–Trinajstić information content (AvgIpc) is 2.75. The van der Waals surface area contributed by atoms with Gasteiger partial charge in [0.1, 0.15) is 17.2 Å². The van der Waals surface area contributed by atoms with Gasteiger partial charge in [0.15, 0.2) is 0 Å². The molecule has 3 heteroatoms. The normalized spacial score (nSPS) is 10.9. The van der Waals surface area contributed by atoms with Crippen molar-refractivity contribution in [3.05, 3.63) is 48.2 Å². The van der Waals surface area contributed by atoms with Crippen molar-refractivity contribution in [2.24, 2.45) is 0 Å². The summed E-state index contributed by atoms with van der Waals surface area (Å²) in [4.78, 5) is 4.07. The van der Waals surface area contributed by atoms with Crippen LogP contribution in [0.5, 0.6) is 0 Å². The van der Waals surface area contributed by atoms with E-state index in [0.29, 0.717) is 5.82 Å². The number of aromatic nitrogens is 1. The van der Waals surface area contributed by atoms with Gasteiger partial charge in [-0.25, -0.2) is 4.98 Å². The molecule has 3 aromatic rings. The summed E-state index contributed by atoms with van der Waals surface area (Å²) in [7, 11) is 0. The molecule has 0 aliphatic heterocycles. The van der Waals surface area contributed by atoms with E-state index in [1.807, 2.05) is 43.3 Å². The van der Waals surface area contributed by atoms with Crippen molar-refractivity contribution in [3.63, 3.8) is 0 Å². The molecule has 0 amide bonds. The number of fused-ring (bicyclic) bond motifs is 1. The molecule has 2 heterocycles. The van der Waals surface area contributed by atoms with Gasteiger partial charge in [-0.1, -0.05) is 18.2 Å². The fourth-order valence-corrected chi connectivity index (χ4v) is 1.97. The molecule has 3 rings (SSSR count). The Labute approximate surface area is 98.9 Å². The number of aryl methyl sites for hydroxylation is 1. The van der Waals surface area contributed by atoms with E-state index in [1.165, 1.54) is 0 Å². The van der Waals surface area contributed by atoms with E-state index >= 15 is 0 Å². The lowest BCUT2D eigenvalue weighted by Crippen LogP contribution is -1.91. The molecule has 17 heavy (non-hydrogen) atoms. The summed E-state index contributed by atoms with van der Waals surface area (Å²) < 4.78 is 5.85. The number of nitrogens with two attached hydrogens (primary N) is 1. The number of anilines is 1. The van der Waals surface area contributed by atoms with Crippen LogP contribution in [0.3, 0.4) is 0 Å². The average molecular weight is 224 g/mol. The SMILES string of the molecule is Cc1cccc2cc(-c3cccnc3N)oc12. The zero-order valence-corrected chi connectivity index (χ0v) is 9.47. The van der Waals surface area contributed by atoms with E-state index in [9.17, 15) is 0 Å². The molecule has 2 aromatic heterocycles. The van der Waals surface area contributed by atoms with E-state index < -0.39 is 0 Å². The second kappa shape index (κ2) is 3.63. The number of rotatable bonds is 1. The Morgan fingerprint density at radius 3 is 2.82 bits per heavy atom. The van der Waals surface area contributed by atoms with Crippen molar-refractivity contribution in [3.8, 4) is 11.3 Å². The third-order valence-electron chi connectivity index (χ3n) is 2.84. The summed E-state index contributed by atoms with van der Waals surface area (Å²) in [6.07, 6.45) is 1.67. The molecule has 3 nitrogen and oxygen atoms in total. The predicted octanol–water partition coefficient (Wildman–Crippen LogP) is 3.39. The van der Waals surface area contributed by atoms with E-state index in [4.69, 9.17) is 10.2 Å². The molecule has 2 N–H and O–H groups in total. The minimum absolute atomic E-state index is 0.490. The lowest BCUT2D eigenvalue weighted by Gasteiger charge is -1.99. The summed E-state index contributed by atoms with van der Waals surface area (Å²) in [6, 6.07) is 11.8. The van der Waals surface area contributed by atoms with Gasteiger partial charge >= 0.3 is 0 Å². The fourth-order valence-electron chi connectivity index (χ4n) is 1.97. The molecule has 0 unspecified atom stereocenters.